The molecule has 0 heterocycles. The van der Waals surface area contributed by atoms with Crippen LogP contribution in [-0.4, -0.2) is 20.1 Å². The Labute approximate surface area is 206 Å². The fraction of sp³-hybridized carbons (Fsp3) is 0.357. The Balaban J connectivity index is 1.73. The molecule has 0 amide bonds. The molecule has 1 fully saturated rings. The van der Waals surface area contributed by atoms with E-state index < -0.39 is 16.1 Å². The van der Waals surface area contributed by atoms with Crippen molar-refractivity contribution in [3.05, 3.63) is 102 Å². The smallest absolute Gasteiger partial charge is 0.241 e. The van der Waals surface area contributed by atoms with Crippen LogP contribution in [0.1, 0.15) is 55.0 Å². The van der Waals surface area contributed by atoms with Gasteiger partial charge in [0.15, 0.2) is 0 Å². The van der Waals surface area contributed by atoms with E-state index in [-0.39, 0.29) is 17.0 Å². The first kappa shape index (κ1) is 25.1. The lowest BCUT2D eigenvalue weighted by Gasteiger charge is -2.35. The normalized spacial score (nSPS) is 21.1. The van der Waals surface area contributed by atoms with E-state index in [1.807, 2.05) is 67.6 Å². The summed E-state index contributed by atoms with van der Waals surface area (Å²) in [6.07, 6.45) is 3.65. The van der Waals surface area contributed by atoms with Crippen molar-refractivity contribution in [2.75, 3.05) is 0 Å². The summed E-state index contributed by atoms with van der Waals surface area (Å²) in [6.45, 7) is 4.19. The minimum atomic E-state index is -3.74. The Morgan fingerprint density at radius 2 is 1.38 bits per heavy atom. The van der Waals surface area contributed by atoms with Crippen LogP contribution in [0, 0.1) is 12.8 Å². The summed E-state index contributed by atoms with van der Waals surface area (Å²) in [5.41, 5.74) is 3.60. The first-order chi connectivity index (χ1) is 16.3. The van der Waals surface area contributed by atoms with E-state index in [0.717, 1.165) is 16.7 Å². The third kappa shape index (κ3) is 5.95. The number of benzene rings is 3. The molecule has 1 aliphatic rings. The summed E-state index contributed by atoms with van der Waals surface area (Å²) in [5, 5.41) is 3.85. The number of rotatable bonds is 9. The highest BCUT2D eigenvalue weighted by molar-refractivity contribution is 7.89. The fourth-order valence-corrected chi connectivity index (χ4v) is 7.03. The predicted octanol–water partition coefficient (Wildman–Crippen LogP) is 5.78. The first-order valence-electron chi connectivity index (χ1n) is 12.1. The molecule has 6 atom stereocenters. The van der Waals surface area contributed by atoms with E-state index >= 15 is 0 Å². The first-order valence-corrected chi connectivity index (χ1v) is 14.2. The molecule has 0 aromatic heterocycles. The van der Waals surface area contributed by atoms with Crippen LogP contribution < -0.4 is 10.0 Å². The second-order valence-corrected chi connectivity index (χ2v) is 12.0. The third-order valence-electron chi connectivity index (χ3n) is 6.97. The van der Waals surface area contributed by atoms with Gasteiger partial charge in [0.05, 0.1) is 17.0 Å². The number of sulfonamides is 1. The lowest BCUT2D eigenvalue weighted by atomic mass is 9.91. The van der Waals surface area contributed by atoms with Crippen LogP contribution >= 0.6 is 9.24 Å². The highest BCUT2D eigenvalue weighted by Crippen LogP contribution is 2.37. The van der Waals surface area contributed by atoms with Gasteiger partial charge in [-0.1, -0.05) is 84.8 Å². The van der Waals surface area contributed by atoms with Gasteiger partial charge in [0, 0.05) is 6.04 Å². The Bertz CT molecular complexity index is 1150. The van der Waals surface area contributed by atoms with Gasteiger partial charge in [-0.25, -0.2) is 13.1 Å². The van der Waals surface area contributed by atoms with Gasteiger partial charge < -0.3 is 5.32 Å². The third-order valence-corrected chi connectivity index (χ3v) is 9.26. The molecule has 0 spiro atoms. The molecule has 180 valence electrons. The summed E-state index contributed by atoms with van der Waals surface area (Å²) in [7, 11) is -0.721. The molecular weight excluding hydrogens is 459 g/mol. The summed E-state index contributed by atoms with van der Waals surface area (Å²) in [5.74, 6) is 0.543. The molecule has 2 N–H and O–H groups in total. The van der Waals surface area contributed by atoms with E-state index in [1.165, 1.54) is 19.3 Å². The quantitative estimate of drug-likeness (QED) is 0.371. The number of aryl methyl sites for hydroxylation is 1. The molecule has 3 unspecified atom stereocenters. The maximum absolute atomic E-state index is 13.5. The highest BCUT2D eigenvalue weighted by atomic mass is 32.2. The van der Waals surface area contributed by atoms with Crippen molar-refractivity contribution >= 4 is 19.3 Å². The Kier molecular flexibility index (Phi) is 8.21. The zero-order valence-electron chi connectivity index (χ0n) is 19.9. The molecule has 0 saturated heterocycles. The molecule has 4 nitrogen and oxygen atoms in total. The summed E-state index contributed by atoms with van der Waals surface area (Å²) in [4.78, 5) is 0.278. The summed E-state index contributed by atoms with van der Waals surface area (Å²) < 4.78 is 30.1. The van der Waals surface area contributed by atoms with Crippen molar-refractivity contribution in [2.45, 2.75) is 61.8 Å². The van der Waals surface area contributed by atoms with Crippen molar-refractivity contribution in [1.29, 1.82) is 0 Å². The molecule has 3 aromatic rings. The second kappa shape index (κ2) is 11.1. The summed E-state index contributed by atoms with van der Waals surface area (Å²) >= 11 is 0. The minimum absolute atomic E-state index is 0.225. The van der Waals surface area contributed by atoms with Gasteiger partial charge in [-0.15, -0.1) is 9.24 Å². The van der Waals surface area contributed by atoms with Crippen LogP contribution in [0.3, 0.4) is 0 Å². The lowest BCUT2D eigenvalue weighted by molar-refractivity contribution is 0.314. The molecule has 6 heteroatoms. The van der Waals surface area contributed by atoms with Crippen molar-refractivity contribution in [3.8, 4) is 0 Å². The predicted molar refractivity (Wildman–Crippen MR) is 143 cm³/mol. The van der Waals surface area contributed by atoms with Crippen molar-refractivity contribution in [2.24, 2.45) is 5.92 Å². The lowest BCUT2D eigenvalue weighted by Crippen LogP contribution is -2.44. The van der Waals surface area contributed by atoms with Crippen LogP contribution in [0.5, 0.6) is 0 Å². The molecule has 3 aromatic carbocycles. The molecule has 34 heavy (non-hydrogen) atoms. The molecule has 0 aliphatic heterocycles. The maximum Gasteiger partial charge on any atom is 0.241 e. The molecular formula is C28H35N2O2PS. The molecule has 4 rings (SSSR count). The van der Waals surface area contributed by atoms with Gasteiger partial charge >= 0.3 is 0 Å². The van der Waals surface area contributed by atoms with Gasteiger partial charge in [-0.05, 0) is 61.5 Å². The zero-order valence-corrected chi connectivity index (χ0v) is 21.9. The van der Waals surface area contributed by atoms with Crippen molar-refractivity contribution in [1.82, 2.24) is 10.0 Å². The number of hydrogen-bond donors (Lipinski definition) is 2. The summed E-state index contributed by atoms with van der Waals surface area (Å²) in [6, 6.07) is 26.6. The van der Waals surface area contributed by atoms with Crippen LogP contribution in [0.4, 0.5) is 0 Å². The molecule has 0 radical (unpaired) electrons. The number of nitrogens with one attached hydrogen (secondary N) is 2. The van der Waals surface area contributed by atoms with Crippen LogP contribution in [0.25, 0.3) is 0 Å². The zero-order chi connectivity index (χ0) is 24.1. The standard InChI is InChI=1S/C28H35N2O2PS/c1-20-16-18-24(19-17-20)34(31,32)30-28(23-12-7-4-8-13-23)27(22-10-5-3-6-11-22)29-21(2)25-14-9-15-26(25)33/h3-8,10-13,16-19,21,25-30H,9,14-15,33H2,1-2H3/t21-,25?,26?,27-,28-/m1/s1. The van der Waals surface area contributed by atoms with Crippen molar-refractivity contribution < 1.29 is 8.42 Å². The highest BCUT2D eigenvalue weighted by Gasteiger charge is 2.34. The largest absolute Gasteiger partial charge is 0.305 e. The van der Waals surface area contributed by atoms with E-state index in [2.05, 4.69) is 38.3 Å². The molecule has 0 bridgehead atoms. The maximum atomic E-state index is 13.5. The van der Waals surface area contributed by atoms with Crippen LogP contribution in [0.15, 0.2) is 89.8 Å². The SMILES string of the molecule is Cc1ccc(S(=O)(=O)N[C@H](c2ccccc2)[C@H](N[C@H](C)C2CCCC2P)c2ccccc2)cc1. The van der Waals surface area contributed by atoms with Crippen LogP contribution in [0.2, 0.25) is 0 Å². The monoisotopic (exact) mass is 494 g/mol. The van der Waals surface area contributed by atoms with Gasteiger partial charge in [-0.2, -0.15) is 0 Å². The van der Waals surface area contributed by atoms with Gasteiger partial charge in [0.1, 0.15) is 0 Å². The Hall–Kier alpha value is -2.04. The molecule has 1 aliphatic carbocycles. The fourth-order valence-electron chi connectivity index (χ4n) is 5.03. The van der Waals surface area contributed by atoms with Gasteiger partial charge in [-0.3, -0.25) is 0 Å². The Morgan fingerprint density at radius 1 is 0.824 bits per heavy atom. The average Bonchev–Trinajstić information content (AvgIpc) is 3.28. The molecule has 1 saturated carbocycles. The second-order valence-electron chi connectivity index (χ2n) is 9.43. The average molecular weight is 495 g/mol. The topological polar surface area (TPSA) is 58.2 Å². The van der Waals surface area contributed by atoms with Gasteiger partial charge in [0.2, 0.25) is 10.0 Å². The Morgan fingerprint density at radius 3 is 1.91 bits per heavy atom. The van der Waals surface area contributed by atoms with Crippen molar-refractivity contribution in [3.63, 3.8) is 0 Å². The van der Waals surface area contributed by atoms with E-state index in [0.29, 0.717) is 11.6 Å². The van der Waals surface area contributed by atoms with Crippen LogP contribution in [-0.2, 0) is 10.0 Å². The van der Waals surface area contributed by atoms with E-state index in [9.17, 15) is 8.42 Å². The van der Waals surface area contributed by atoms with Gasteiger partial charge in [0.25, 0.3) is 0 Å². The van der Waals surface area contributed by atoms with E-state index in [1.54, 1.807) is 12.1 Å². The minimum Gasteiger partial charge on any atom is -0.305 e. The van der Waals surface area contributed by atoms with E-state index in [4.69, 9.17) is 0 Å². The number of hydrogen-bond acceptors (Lipinski definition) is 3.